The molecule has 3 N–H and O–H groups in total. The molecule has 1 amide bonds. The summed E-state index contributed by atoms with van der Waals surface area (Å²) in [6.07, 6.45) is 2.98. The number of benzene rings is 1. The molecule has 0 spiro atoms. The molecular formula is C19H14N4O3S. The van der Waals surface area contributed by atoms with Crippen LogP contribution in [-0.4, -0.2) is 25.5 Å². The lowest BCUT2D eigenvalue weighted by Crippen LogP contribution is -2.23. The fourth-order valence-corrected chi connectivity index (χ4v) is 3.58. The van der Waals surface area contributed by atoms with Gasteiger partial charge >= 0.3 is 0 Å². The molecule has 1 aromatic carbocycles. The highest BCUT2D eigenvalue weighted by molar-refractivity contribution is 7.13. The van der Waals surface area contributed by atoms with Crippen LogP contribution in [-0.2, 0) is 6.54 Å². The van der Waals surface area contributed by atoms with E-state index in [9.17, 15) is 14.7 Å². The Kier molecular flexibility index (Phi) is 4.17. The van der Waals surface area contributed by atoms with E-state index < -0.39 is 5.91 Å². The lowest BCUT2D eigenvalue weighted by Gasteiger charge is -2.14. The molecule has 8 heteroatoms. The van der Waals surface area contributed by atoms with Crippen LogP contribution < -0.4 is 11.3 Å². The van der Waals surface area contributed by atoms with Crippen LogP contribution in [0.5, 0.6) is 5.75 Å². The van der Waals surface area contributed by atoms with Crippen LogP contribution in [0.1, 0.15) is 16.1 Å². The van der Waals surface area contributed by atoms with Gasteiger partial charge in [-0.05, 0) is 11.6 Å². The van der Waals surface area contributed by atoms with E-state index in [1.165, 1.54) is 28.2 Å². The van der Waals surface area contributed by atoms with Crippen LogP contribution in [0.3, 0.4) is 0 Å². The van der Waals surface area contributed by atoms with Crippen molar-refractivity contribution >= 4 is 28.1 Å². The van der Waals surface area contributed by atoms with Crippen LogP contribution in [0, 0.1) is 0 Å². The molecule has 0 aliphatic carbocycles. The smallest absolute Gasteiger partial charge is 0.271 e. The second-order valence-corrected chi connectivity index (χ2v) is 6.79. The van der Waals surface area contributed by atoms with Crippen LogP contribution in [0.25, 0.3) is 21.5 Å². The summed E-state index contributed by atoms with van der Waals surface area (Å²) < 4.78 is 1.51. The van der Waals surface area contributed by atoms with Crippen molar-refractivity contribution in [1.29, 1.82) is 0 Å². The van der Waals surface area contributed by atoms with Crippen molar-refractivity contribution in [2.75, 3.05) is 0 Å². The van der Waals surface area contributed by atoms with Crippen LogP contribution >= 0.6 is 11.3 Å². The van der Waals surface area contributed by atoms with Crippen molar-refractivity contribution in [3.63, 3.8) is 0 Å². The molecule has 0 bridgehead atoms. The number of pyridine rings is 2. The molecule has 27 heavy (non-hydrogen) atoms. The highest BCUT2D eigenvalue weighted by Gasteiger charge is 2.19. The summed E-state index contributed by atoms with van der Waals surface area (Å²) in [5.74, 6) is -1.19. The van der Waals surface area contributed by atoms with Gasteiger partial charge in [0.1, 0.15) is 5.01 Å². The third kappa shape index (κ3) is 2.96. The SMILES string of the molecule is NC(=O)c1ncc2c(cc(-c3nccs3)c(=O)n2Cc2ccccc2)c1O. The van der Waals surface area contributed by atoms with E-state index >= 15 is 0 Å². The van der Waals surface area contributed by atoms with Gasteiger partial charge in [-0.25, -0.2) is 9.97 Å². The number of nitrogens with zero attached hydrogens (tertiary/aromatic N) is 3. The fourth-order valence-electron chi connectivity index (χ4n) is 2.94. The molecule has 7 nitrogen and oxygen atoms in total. The lowest BCUT2D eigenvalue weighted by atomic mass is 10.1. The first-order chi connectivity index (χ1) is 13.1. The highest BCUT2D eigenvalue weighted by Crippen LogP contribution is 2.30. The van der Waals surface area contributed by atoms with E-state index in [2.05, 4.69) is 9.97 Å². The predicted octanol–water partition coefficient (Wildman–Crippen LogP) is 2.37. The predicted molar refractivity (Wildman–Crippen MR) is 103 cm³/mol. The minimum atomic E-state index is -0.842. The van der Waals surface area contributed by atoms with Gasteiger partial charge in [0, 0.05) is 17.0 Å². The van der Waals surface area contributed by atoms with Gasteiger partial charge in [0.15, 0.2) is 11.4 Å². The fraction of sp³-hybridized carbons (Fsp3) is 0.0526. The lowest BCUT2D eigenvalue weighted by molar-refractivity contribution is 0.0993. The Bertz CT molecular complexity index is 1200. The summed E-state index contributed by atoms with van der Waals surface area (Å²) in [7, 11) is 0. The van der Waals surface area contributed by atoms with Crippen LogP contribution in [0.2, 0.25) is 0 Å². The standard InChI is InChI=1S/C19H14N4O3S/c20-17(25)15-16(24)12-8-13(18-21-6-7-27-18)19(26)23(14(12)9-22-15)10-11-4-2-1-3-5-11/h1-9,24H,10H2,(H2,20,25). The maximum atomic E-state index is 13.1. The Hall–Kier alpha value is -3.52. The second-order valence-electron chi connectivity index (χ2n) is 5.89. The Labute approximate surface area is 157 Å². The molecule has 4 rings (SSSR count). The molecule has 0 aliphatic heterocycles. The quantitative estimate of drug-likeness (QED) is 0.566. The van der Waals surface area contributed by atoms with Crippen molar-refractivity contribution in [2.45, 2.75) is 6.54 Å². The summed E-state index contributed by atoms with van der Waals surface area (Å²) in [5.41, 5.74) is 6.46. The number of nitrogens with two attached hydrogens (primary N) is 1. The van der Waals surface area contributed by atoms with Crippen molar-refractivity contribution in [1.82, 2.24) is 14.5 Å². The van der Waals surface area contributed by atoms with Crippen molar-refractivity contribution in [2.24, 2.45) is 5.73 Å². The van der Waals surface area contributed by atoms with Gasteiger partial charge in [-0.2, -0.15) is 0 Å². The van der Waals surface area contributed by atoms with Crippen molar-refractivity contribution in [3.8, 4) is 16.3 Å². The molecule has 3 heterocycles. The topological polar surface area (TPSA) is 111 Å². The summed E-state index contributed by atoms with van der Waals surface area (Å²) in [5, 5.41) is 13.1. The van der Waals surface area contributed by atoms with Gasteiger partial charge in [-0.15, -0.1) is 11.3 Å². The van der Waals surface area contributed by atoms with Gasteiger partial charge in [-0.3, -0.25) is 9.59 Å². The second kappa shape index (κ2) is 6.65. The van der Waals surface area contributed by atoms with Crippen molar-refractivity contribution in [3.05, 3.63) is 75.8 Å². The molecule has 0 aliphatic rings. The summed E-state index contributed by atoms with van der Waals surface area (Å²) in [6.45, 7) is 0.284. The molecule has 134 valence electrons. The molecular weight excluding hydrogens is 364 g/mol. The number of aromatic nitrogens is 3. The first-order valence-electron chi connectivity index (χ1n) is 8.05. The zero-order chi connectivity index (χ0) is 19.0. The molecule has 0 unspecified atom stereocenters. The number of fused-ring (bicyclic) bond motifs is 1. The number of carbonyl (C=O) groups is 1. The zero-order valence-corrected chi connectivity index (χ0v) is 14.8. The third-order valence-corrected chi connectivity index (χ3v) is 5.01. The average molecular weight is 378 g/mol. The van der Waals surface area contributed by atoms with E-state index in [-0.39, 0.29) is 23.5 Å². The minimum absolute atomic E-state index is 0.238. The van der Waals surface area contributed by atoms with Gasteiger partial charge in [-0.1, -0.05) is 30.3 Å². The number of amides is 1. The van der Waals surface area contributed by atoms with Gasteiger partial charge in [0.25, 0.3) is 11.5 Å². The number of hydrogen-bond acceptors (Lipinski definition) is 6. The van der Waals surface area contributed by atoms with E-state index in [0.717, 1.165) is 5.56 Å². The van der Waals surface area contributed by atoms with Crippen LogP contribution in [0.4, 0.5) is 0 Å². The molecule has 3 aromatic heterocycles. The Morgan fingerprint density at radius 2 is 2.00 bits per heavy atom. The van der Waals surface area contributed by atoms with E-state index in [1.807, 2.05) is 30.3 Å². The third-order valence-electron chi connectivity index (χ3n) is 4.21. The molecule has 0 fully saturated rings. The number of primary amides is 1. The largest absolute Gasteiger partial charge is 0.505 e. The normalized spacial score (nSPS) is 11.0. The summed E-state index contributed by atoms with van der Waals surface area (Å²) >= 11 is 1.32. The molecule has 4 aromatic rings. The number of carbonyl (C=O) groups excluding carboxylic acids is 1. The first kappa shape index (κ1) is 16.9. The number of rotatable bonds is 4. The molecule has 0 saturated carbocycles. The zero-order valence-electron chi connectivity index (χ0n) is 14.0. The summed E-state index contributed by atoms with van der Waals surface area (Å²) in [6, 6.07) is 11.0. The van der Waals surface area contributed by atoms with Gasteiger partial charge in [0.2, 0.25) is 0 Å². The Balaban J connectivity index is 2.04. The van der Waals surface area contributed by atoms with Gasteiger partial charge in [0.05, 0.1) is 23.8 Å². The highest BCUT2D eigenvalue weighted by atomic mass is 32.1. The first-order valence-corrected chi connectivity index (χ1v) is 8.93. The minimum Gasteiger partial charge on any atom is -0.505 e. The Morgan fingerprint density at radius 1 is 1.22 bits per heavy atom. The molecule has 0 radical (unpaired) electrons. The number of aromatic hydroxyl groups is 1. The maximum absolute atomic E-state index is 13.1. The number of thiazole rings is 1. The van der Waals surface area contributed by atoms with E-state index in [1.54, 1.807) is 11.6 Å². The number of hydrogen-bond donors (Lipinski definition) is 2. The monoisotopic (exact) mass is 378 g/mol. The van der Waals surface area contributed by atoms with Gasteiger partial charge < -0.3 is 15.4 Å². The molecule has 0 saturated heterocycles. The van der Waals surface area contributed by atoms with E-state index in [0.29, 0.717) is 21.5 Å². The van der Waals surface area contributed by atoms with Crippen molar-refractivity contribution < 1.29 is 9.90 Å². The molecule has 0 atom stereocenters. The maximum Gasteiger partial charge on any atom is 0.271 e. The summed E-state index contributed by atoms with van der Waals surface area (Å²) in [4.78, 5) is 32.8. The average Bonchev–Trinajstić information content (AvgIpc) is 3.19. The van der Waals surface area contributed by atoms with E-state index in [4.69, 9.17) is 5.73 Å². The van der Waals surface area contributed by atoms with Crippen LogP contribution in [0.15, 0.2) is 59.0 Å². The Morgan fingerprint density at radius 3 is 2.67 bits per heavy atom.